The smallest absolute Gasteiger partial charge is 0.255 e. The first kappa shape index (κ1) is 19.6. The number of halogens is 1. The van der Waals surface area contributed by atoms with E-state index in [4.69, 9.17) is 11.6 Å². The van der Waals surface area contributed by atoms with E-state index in [1.807, 2.05) is 0 Å². The van der Waals surface area contributed by atoms with Crippen molar-refractivity contribution in [3.63, 3.8) is 0 Å². The molecular weight excluding hydrogens is 372 g/mol. The number of hydrogen-bond acceptors (Lipinski definition) is 3. The van der Waals surface area contributed by atoms with Crippen LogP contribution in [0, 0.1) is 5.92 Å². The van der Waals surface area contributed by atoms with Crippen LogP contribution in [0.5, 0.6) is 0 Å². The SMILES string of the molecule is CC1CCN(S(=O)(=O)c2ccc(Cl)c(C(=O)N(C)C3CCCC3)c2)CC1. The molecule has 3 rings (SSSR count). The van der Waals surface area contributed by atoms with Gasteiger partial charge in [0.25, 0.3) is 5.91 Å². The number of sulfonamides is 1. The summed E-state index contributed by atoms with van der Waals surface area (Å²) in [5.74, 6) is 0.343. The van der Waals surface area contributed by atoms with Crippen molar-refractivity contribution in [2.75, 3.05) is 20.1 Å². The highest BCUT2D eigenvalue weighted by Gasteiger charge is 2.30. The molecule has 1 heterocycles. The number of nitrogens with zero attached hydrogens (tertiary/aromatic N) is 2. The molecule has 1 aliphatic heterocycles. The average Bonchev–Trinajstić information content (AvgIpc) is 3.15. The molecule has 2 fully saturated rings. The second-order valence-corrected chi connectivity index (χ2v) is 9.93. The van der Waals surface area contributed by atoms with Gasteiger partial charge in [0, 0.05) is 26.2 Å². The van der Waals surface area contributed by atoms with Crippen LogP contribution in [0.4, 0.5) is 0 Å². The molecule has 0 N–H and O–H groups in total. The summed E-state index contributed by atoms with van der Waals surface area (Å²) in [6, 6.07) is 4.69. The molecule has 144 valence electrons. The van der Waals surface area contributed by atoms with Crippen molar-refractivity contribution in [2.45, 2.75) is 56.4 Å². The first-order valence-corrected chi connectivity index (χ1v) is 11.2. The molecule has 1 saturated heterocycles. The lowest BCUT2D eigenvalue weighted by Gasteiger charge is -2.29. The number of rotatable bonds is 4. The van der Waals surface area contributed by atoms with Gasteiger partial charge in [0.05, 0.1) is 15.5 Å². The second-order valence-electron chi connectivity index (χ2n) is 7.58. The Morgan fingerprint density at radius 3 is 2.38 bits per heavy atom. The van der Waals surface area contributed by atoms with Crippen molar-refractivity contribution in [3.05, 3.63) is 28.8 Å². The Labute approximate surface area is 161 Å². The molecule has 1 aliphatic carbocycles. The van der Waals surface area contributed by atoms with E-state index in [2.05, 4.69) is 6.92 Å². The Balaban J connectivity index is 1.86. The lowest BCUT2D eigenvalue weighted by molar-refractivity contribution is 0.0735. The fraction of sp³-hybridized carbons (Fsp3) is 0.632. The van der Waals surface area contributed by atoms with Gasteiger partial charge in [-0.3, -0.25) is 4.79 Å². The summed E-state index contributed by atoms with van der Waals surface area (Å²) in [5.41, 5.74) is 0.271. The van der Waals surface area contributed by atoms with Gasteiger partial charge in [0.2, 0.25) is 10.0 Å². The van der Waals surface area contributed by atoms with Gasteiger partial charge in [-0.05, 0) is 49.8 Å². The summed E-state index contributed by atoms with van der Waals surface area (Å²) in [7, 11) is -1.82. The van der Waals surface area contributed by atoms with E-state index in [1.165, 1.54) is 22.5 Å². The maximum absolute atomic E-state index is 13.0. The minimum atomic E-state index is -3.60. The van der Waals surface area contributed by atoms with Gasteiger partial charge in [-0.15, -0.1) is 0 Å². The van der Waals surface area contributed by atoms with Crippen molar-refractivity contribution in [1.82, 2.24) is 9.21 Å². The van der Waals surface area contributed by atoms with E-state index in [1.54, 1.807) is 11.9 Å². The largest absolute Gasteiger partial charge is 0.339 e. The summed E-state index contributed by atoms with van der Waals surface area (Å²) >= 11 is 6.24. The van der Waals surface area contributed by atoms with Crippen LogP contribution in [-0.4, -0.2) is 49.7 Å². The van der Waals surface area contributed by atoms with Gasteiger partial charge < -0.3 is 4.90 Å². The molecule has 26 heavy (non-hydrogen) atoms. The number of carbonyl (C=O) groups is 1. The minimum absolute atomic E-state index is 0.152. The number of benzene rings is 1. The van der Waals surface area contributed by atoms with Gasteiger partial charge >= 0.3 is 0 Å². The van der Waals surface area contributed by atoms with Gasteiger partial charge in [0.15, 0.2) is 0 Å². The standard InChI is InChI=1S/C19H27ClN2O3S/c1-14-9-11-22(12-10-14)26(24,25)16-7-8-18(20)17(13-16)19(23)21(2)15-5-3-4-6-15/h7-8,13-15H,3-6,9-12H2,1-2H3. The third kappa shape index (κ3) is 3.92. The molecule has 0 unspecified atom stereocenters. The summed E-state index contributed by atoms with van der Waals surface area (Å²) < 4.78 is 27.4. The fourth-order valence-corrected chi connectivity index (χ4v) is 5.55. The summed E-state index contributed by atoms with van der Waals surface area (Å²) in [4.78, 5) is 14.8. The van der Waals surface area contributed by atoms with Gasteiger partial charge in [-0.2, -0.15) is 4.31 Å². The van der Waals surface area contributed by atoms with Crippen LogP contribution in [0.3, 0.4) is 0 Å². The van der Waals surface area contributed by atoms with E-state index in [0.717, 1.165) is 38.5 Å². The van der Waals surface area contributed by atoms with Gasteiger partial charge in [-0.25, -0.2) is 8.42 Å². The Hall–Kier alpha value is -1.11. The highest BCUT2D eigenvalue weighted by atomic mass is 35.5. The van der Waals surface area contributed by atoms with Gasteiger partial charge in [0.1, 0.15) is 0 Å². The maximum Gasteiger partial charge on any atom is 0.255 e. The second kappa shape index (κ2) is 7.87. The van der Waals surface area contributed by atoms with Crippen LogP contribution in [0.1, 0.15) is 55.8 Å². The number of amides is 1. The Morgan fingerprint density at radius 2 is 1.77 bits per heavy atom. The normalized spacial score (nSPS) is 20.4. The average molecular weight is 399 g/mol. The number of hydrogen-bond donors (Lipinski definition) is 0. The Morgan fingerprint density at radius 1 is 1.15 bits per heavy atom. The molecule has 0 spiro atoms. The molecular formula is C19H27ClN2O3S. The molecule has 0 aromatic heterocycles. The van der Waals surface area contributed by atoms with Crippen molar-refractivity contribution >= 4 is 27.5 Å². The van der Waals surface area contributed by atoms with E-state index < -0.39 is 10.0 Å². The molecule has 0 radical (unpaired) electrons. The van der Waals surface area contributed by atoms with Crippen molar-refractivity contribution < 1.29 is 13.2 Å². The molecule has 1 saturated carbocycles. The Kier molecular flexibility index (Phi) is 5.94. The lowest BCUT2D eigenvalue weighted by atomic mass is 10.0. The summed E-state index contributed by atoms with van der Waals surface area (Å²) in [6.07, 6.45) is 5.95. The molecule has 0 atom stereocenters. The summed E-state index contributed by atoms with van der Waals surface area (Å²) in [6.45, 7) is 3.19. The maximum atomic E-state index is 13.0. The van der Waals surface area contributed by atoms with Crippen molar-refractivity contribution in [2.24, 2.45) is 5.92 Å². The summed E-state index contributed by atoms with van der Waals surface area (Å²) in [5, 5.41) is 0.297. The van der Waals surface area contributed by atoms with Crippen molar-refractivity contribution in [1.29, 1.82) is 0 Å². The fourth-order valence-electron chi connectivity index (χ4n) is 3.85. The molecule has 1 aromatic carbocycles. The van der Waals surface area contributed by atoms with E-state index >= 15 is 0 Å². The van der Waals surface area contributed by atoms with Crippen LogP contribution >= 0.6 is 11.6 Å². The molecule has 7 heteroatoms. The molecule has 2 aliphatic rings. The topological polar surface area (TPSA) is 57.7 Å². The van der Waals surface area contributed by atoms with E-state index in [9.17, 15) is 13.2 Å². The first-order chi connectivity index (χ1) is 12.3. The zero-order valence-electron chi connectivity index (χ0n) is 15.4. The van der Waals surface area contributed by atoms with Crippen LogP contribution in [0.2, 0.25) is 5.02 Å². The zero-order valence-corrected chi connectivity index (χ0v) is 17.0. The molecule has 0 bridgehead atoms. The number of carbonyl (C=O) groups excluding carboxylic acids is 1. The van der Waals surface area contributed by atoms with Crippen molar-refractivity contribution in [3.8, 4) is 0 Å². The Bertz CT molecular complexity index is 767. The predicted octanol–water partition coefficient (Wildman–Crippen LogP) is 3.78. The van der Waals surface area contributed by atoms with E-state index in [-0.39, 0.29) is 22.4 Å². The van der Waals surface area contributed by atoms with E-state index in [0.29, 0.717) is 24.0 Å². The third-order valence-corrected chi connectivity index (χ3v) is 7.97. The highest BCUT2D eigenvalue weighted by molar-refractivity contribution is 7.89. The van der Waals surface area contributed by atoms with Gasteiger partial charge in [-0.1, -0.05) is 31.4 Å². The first-order valence-electron chi connectivity index (χ1n) is 9.37. The van der Waals surface area contributed by atoms with Crippen LogP contribution in [0.15, 0.2) is 23.1 Å². The molecule has 5 nitrogen and oxygen atoms in total. The zero-order chi connectivity index (χ0) is 18.9. The monoisotopic (exact) mass is 398 g/mol. The minimum Gasteiger partial charge on any atom is -0.339 e. The quantitative estimate of drug-likeness (QED) is 0.775. The third-order valence-electron chi connectivity index (χ3n) is 5.74. The highest BCUT2D eigenvalue weighted by Crippen LogP contribution is 2.29. The van der Waals surface area contributed by atoms with Crippen LogP contribution < -0.4 is 0 Å². The molecule has 1 amide bonds. The van der Waals surface area contributed by atoms with Crippen LogP contribution in [-0.2, 0) is 10.0 Å². The predicted molar refractivity (Wildman–Crippen MR) is 103 cm³/mol. The lowest BCUT2D eigenvalue weighted by Crippen LogP contribution is -2.38. The number of piperidine rings is 1. The van der Waals surface area contributed by atoms with Crippen LogP contribution in [0.25, 0.3) is 0 Å². The molecule has 1 aromatic rings.